The Kier molecular flexibility index (Phi) is 8.62. The summed E-state index contributed by atoms with van der Waals surface area (Å²) >= 11 is 0. The van der Waals surface area contributed by atoms with Gasteiger partial charge < -0.3 is 19.7 Å². The fourth-order valence-corrected chi connectivity index (χ4v) is 4.42. The second-order valence-electron chi connectivity index (χ2n) is 7.24. The van der Waals surface area contributed by atoms with Crippen LogP contribution in [0.2, 0.25) is 0 Å². The van der Waals surface area contributed by atoms with Gasteiger partial charge >= 0.3 is 0 Å². The maximum absolute atomic E-state index is 13.0. The summed E-state index contributed by atoms with van der Waals surface area (Å²) in [5, 5.41) is 2.72. The molecular formula is C22H29N3O6S. The summed E-state index contributed by atoms with van der Waals surface area (Å²) in [5.41, 5.74) is 0.668. The molecule has 0 spiro atoms. The molecule has 0 atom stereocenters. The van der Waals surface area contributed by atoms with Crippen LogP contribution in [0.3, 0.4) is 0 Å². The van der Waals surface area contributed by atoms with Crippen molar-refractivity contribution in [2.45, 2.75) is 31.7 Å². The van der Waals surface area contributed by atoms with Crippen molar-refractivity contribution in [2.24, 2.45) is 0 Å². The number of benzene rings is 2. The van der Waals surface area contributed by atoms with E-state index in [4.69, 9.17) is 9.47 Å². The van der Waals surface area contributed by atoms with Gasteiger partial charge in [-0.3, -0.25) is 9.59 Å². The number of sulfonamides is 1. The van der Waals surface area contributed by atoms with Gasteiger partial charge in [0, 0.05) is 29.9 Å². The van der Waals surface area contributed by atoms with E-state index in [2.05, 4.69) is 10.0 Å². The van der Waals surface area contributed by atoms with Gasteiger partial charge in [-0.05, 0) is 51.1 Å². The van der Waals surface area contributed by atoms with Crippen LogP contribution in [-0.2, 0) is 14.8 Å². The predicted octanol–water partition coefficient (Wildman–Crippen LogP) is 2.49. The molecule has 32 heavy (non-hydrogen) atoms. The zero-order valence-corrected chi connectivity index (χ0v) is 19.7. The van der Waals surface area contributed by atoms with Gasteiger partial charge in [-0.2, -0.15) is 0 Å². The molecule has 0 aromatic heterocycles. The molecule has 2 aromatic rings. The van der Waals surface area contributed by atoms with Gasteiger partial charge in [-0.1, -0.05) is 6.07 Å². The molecule has 174 valence electrons. The van der Waals surface area contributed by atoms with Crippen molar-refractivity contribution in [2.75, 3.05) is 32.6 Å². The summed E-state index contributed by atoms with van der Waals surface area (Å²) in [6, 6.07) is 10.7. The minimum atomic E-state index is -3.90. The molecule has 0 saturated heterocycles. The Labute approximate surface area is 188 Å². The predicted molar refractivity (Wildman–Crippen MR) is 122 cm³/mol. The zero-order valence-electron chi connectivity index (χ0n) is 18.8. The van der Waals surface area contributed by atoms with E-state index in [1.165, 1.54) is 37.3 Å². The molecule has 0 unspecified atom stereocenters. The highest BCUT2D eigenvalue weighted by Crippen LogP contribution is 2.26. The molecule has 0 bridgehead atoms. The van der Waals surface area contributed by atoms with Gasteiger partial charge in [0.25, 0.3) is 5.91 Å². The molecule has 0 saturated carbocycles. The maximum Gasteiger partial charge on any atom is 0.254 e. The molecule has 0 fully saturated rings. The van der Waals surface area contributed by atoms with Gasteiger partial charge in [0.05, 0.1) is 14.2 Å². The summed E-state index contributed by atoms with van der Waals surface area (Å²) in [6.45, 7) is 5.17. The SMILES string of the molecule is CCN(CC(=O)Nc1cccc(OC)c1)C(=O)c1ccc(OC)c(S(=O)(=O)NC(C)C)c1. The highest BCUT2D eigenvalue weighted by Gasteiger charge is 2.24. The number of likely N-dealkylation sites (N-methyl/N-ethyl adjacent to an activating group) is 1. The Morgan fingerprint density at radius 3 is 2.38 bits per heavy atom. The van der Waals surface area contributed by atoms with E-state index < -0.39 is 21.8 Å². The van der Waals surface area contributed by atoms with Crippen LogP contribution in [0, 0.1) is 0 Å². The van der Waals surface area contributed by atoms with Crippen LogP contribution in [0.25, 0.3) is 0 Å². The average molecular weight is 464 g/mol. The first kappa shape index (κ1) is 25.2. The van der Waals surface area contributed by atoms with E-state index in [0.717, 1.165) is 0 Å². The van der Waals surface area contributed by atoms with Crippen molar-refractivity contribution in [1.82, 2.24) is 9.62 Å². The summed E-state index contributed by atoms with van der Waals surface area (Å²) in [7, 11) is -1.02. The van der Waals surface area contributed by atoms with Crippen molar-refractivity contribution < 1.29 is 27.5 Å². The van der Waals surface area contributed by atoms with E-state index in [-0.39, 0.29) is 35.3 Å². The first-order chi connectivity index (χ1) is 15.1. The number of rotatable bonds is 10. The summed E-state index contributed by atoms with van der Waals surface area (Å²) < 4.78 is 38.1. The lowest BCUT2D eigenvalue weighted by Crippen LogP contribution is -2.38. The fourth-order valence-electron chi connectivity index (χ4n) is 2.98. The number of carbonyl (C=O) groups is 2. The first-order valence-corrected chi connectivity index (χ1v) is 11.5. The third-order valence-electron chi connectivity index (χ3n) is 4.45. The van der Waals surface area contributed by atoms with Gasteiger partial charge in [0.15, 0.2) is 0 Å². The Morgan fingerprint density at radius 2 is 1.78 bits per heavy atom. The number of ether oxygens (including phenoxy) is 2. The molecule has 2 rings (SSSR count). The highest BCUT2D eigenvalue weighted by atomic mass is 32.2. The van der Waals surface area contributed by atoms with Crippen molar-refractivity contribution in [3.05, 3.63) is 48.0 Å². The molecule has 2 aromatic carbocycles. The summed E-state index contributed by atoms with van der Waals surface area (Å²) in [6.07, 6.45) is 0. The maximum atomic E-state index is 13.0. The van der Waals surface area contributed by atoms with Crippen LogP contribution in [0.5, 0.6) is 11.5 Å². The van der Waals surface area contributed by atoms with Crippen LogP contribution in [0.1, 0.15) is 31.1 Å². The van der Waals surface area contributed by atoms with Crippen LogP contribution in [0.15, 0.2) is 47.4 Å². The third kappa shape index (κ3) is 6.44. The summed E-state index contributed by atoms with van der Waals surface area (Å²) in [5.74, 6) is -0.157. The highest BCUT2D eigenvalue weighted by molar-refractivity contribution is 7.89. The van der Waals surface area contributed by atoms with Gasteiger partial charge in [-0.25, -0.2) is 13.1 Å². The summed E-state index contributed by atoms with van der Waals surface area (Å²) in [4.78, 5) is 26.7. The first-order valence-electron chi connectivity index (χ1n) is 10.0. The number of nitrogens with one attached hydrogen (secondary N) is 2. The molecule has 2 amide bonds. The minimum Gasteiger partial charge on any atom is -0.497 e. The van der Waals surface area contributed by atoms with Crippen molar-refractivity contribution >= 4 is 27.5 Å². The molecule has 0 heterocycles. The van der Waals surface area contributed by atoms with Gasteiger partial charge in [0.1, 0.15) is 22.9 Å². The zero-order chi connectivity index (χ0) is 23.9. The van der Waals surface area contributed by atoms with E-state index in [0.29, 0.717) is 11.4 Å². The normalized spacial score (nSPS) is 11.2. The van der Waals surface area contributed by atoms with Crippen molar-refractivity contribution in [3.63, 3.8) is 0 Å². The van der Waals surface area contributed by atoms with Crippen LogP contribution in [0.4, 0.5) is 5.69 Å². The topological polar surface area (TPSA) is 114 Å². The fraction of sp³-hybridized carbons (Fsp3) is 0.364. The number of methoxy groups -OCH3 is 2. The van der Waals surface area contributed by atoms with E-state index in [1.54, 1.807) is 45.0 Å². The molecule has 0 radical (unpaired) electrons. The number of hydrogen-bond acceptors (Lipinski definition) is 6. The lowest BCUT2D eigenvalue weighted by molar-refractivity contribution is -0.116. The van der Waals surface area contributed by atoms with Crippen LogP contribution >= 0.6 is 0 Å². The lowest BCUT2D eigenvalue weighted by Gasteiger charge is -2.21. The van der Waals surface area contributed by atoms with Crippen LogP contribution < -0.4 is 19.5 Å². The molecule has 9 nitrogen and oxygen atoms in total. The molecule has 2 N–H and O–H groups in total. The van der Waals surface area contributed by atoms with E-state index >= 15 is 0 Å². The van der Waals surface area contributed by atoms with Crippen molar-refractivity contribution in [3.8, 4) is 11.5 Å². The molecular weight excluding hydrogens is 434 g/mol. The number of anilines is 1. The molecule has 0 aliphatic carbocycles. The number of nitrogens with zero attached hydrogens (tertiary/aromatic N) is 1. The lowest BCUT2D eigenvalue weighted by atomic mass is 10.2. The Balaban J connectivity index is 2.23. The van der Waals surface area contributed by atoms with Gasteiger partial charge in [0.2, 0.25) is 15.9 Å². The number of hydrogen-bond donors (Lipinski definition) is 2. The molecule has 0 aliphatic rings. The van der Waals surface area contributed by atoms with Gasteiger partial charge in [-0.15, -0.1) is 0 Å². The number of amides is 2. The second-order valence-corrected chi connectivity index (χ2v) is 8.92. The monoisotopic (exact) mass is 463 g/mol. The quantitative estimate of drug-likeness (QED) is 0.560. The number of carbonyl (C=O) groups excluding carboxylic acids is 2. The smallest absolute Gasteiger partial charge is 0.254 e. The Hall–Kier alpha value is -3.11. The average Bonchev–Trinajstić information content (AvgIpc) is 2.75. The standard InChI is InChI=1S/C22H29N3O6S/c1-6-25(14-21(26)23-17-8-7-9-18(13-17)30-4)22(27)16-10-11-19(31-5)20(12-16)32(28,29)24-15(2)3/h7-13,15,24H,6,14H2,1-5H3,(H,23,26). The van der Waals surface area contributed by atoms with Crippen molar-refractivity contribution in [1.29, 1.82) is 0 Å². The molecule has 0 aliphatic heterocycles. The Morgan fingerprint density at radius 1 is 1.06 bits per heavy atom. The third-order valence-corrected chi connectivity index (χ3v) is 6.13. The van der Waals surface area contributed by atoms with E-state index in [9.17, 15) is 18.0 Å². The van der Waals surface area contributed by atoms with E-state index in [1.807, 2.05) is 0 Å². The molecule has 10 heteroatoms. The largest absolute Gasteiger partial charge is 0.497 e. The minimum absolute atomic E-state index is 0.119. The second kappa shape index (κ2) is 11.0. The Bertz CT molecular complexity index is 1070. The van der Waals surface area contributed by atoms with Crippen LogP contribution in [-0.4, -0.2) is 58.5 Å².